The van der Waals surface area contributed by atoms with Crippen molar-refractivity contribution in [2.45, 2.75) is 47.2 Å². The van der Waals surface area contributed by atoms with E-state index in [0.29, 0.717) is 0 Å². The second-order valence-corrected chi connectivity index (χ2v) is 9.08. The number of aryl methyl sites for hydroxylation is 1. The van der Waals surface area contributed by atoms with E-state index in [1.165, 1.54) is 16.5 Å². The van der Waals surface area contributed by atoms with E-state index in [1.54, 1.807) is 4.90 Å². The van der Waals surface area contributed by atoms with Crippen LogP contribution in [0.15, 0.2) is 48.7 Å². The summed E-state index contributed by atoms with van der Waals surface area (Å²) in [5.74, 6) is 0. The molecule has 0 bridgehead atoms. The highest BCUT2D eigenvalue weighted by molar-refractivity contribution is 7.80. The molecule has 0 saturated heterocycles. The molecule has 0 atom stereocenters. The molecule has 0 radical (unpaired) electrons. The van der Waals surface area contributed by atoms with Crippen LogP contribution < -0.4 is 10.2 Å². The Morgan fingerprint density at radius 3 is 2.56 bits per heavy atom. The average molecular weight is 472 g/mol. The number of aromatic nitrogens is 1. The summed E-state index contributed by atoms with van der Waals surface area (Å²) in [5.41, 5.74) is 4.58. The van der Waals surface area contributed by atoms with Gasteiger partial charge in [0.2, 0.25) is 0 Å². The molecule has 4 nitrogen and oxygen atoms in total. The predicted octanol–water partition coefficient (Wildman–Crippen LogP) is 5.14. The Kier molecular flexibility index (Phi) is 8.97. The van der Waals surface area contributed by atoms with Crippen LogP contribution in [0.5, 0.6) is 0 Å². The molecular weight excluding hydrogens is 436 g/mol. The van der Waals surface area contributed by atoms with E-state index in [4.69, 9.17) is 23.8 Å². The Morgan fingerprint density at radius 2 is 1.84 bits per heavy atom. The fraction of sp³-hybridized carbons (Fsp3) is 0.423. The molecule has 1 heterocycles. The Bertz CT molecular complexity index is 1040. The highest BCUT2D eigenvalue weighted by atomic mass is 35.5. The molecule has 2 aromatic carbocycles. The second kappa shape index (κ2) is 11.7. The van der Waals surface area contributed by atoms with Crippen LogP contribution in [0.3, 0.4) is 0 Å². The van der Waals surface area contributed by atoms with Gasteiger partial charge in [0.25, 0.3) is 0 Å². The smallest absolute Gasteiger partial charge is 0.173 e. The van der Waals surface area contributed by atoms with Gasteiger partial charge in [0.1, 0.15) is 0 Å². The van der Waals surface area contributed by atoms with Crippen molar-refractivity contribution in [3.63, 3.8) is 0 Å². The molecule has 3 aromatic rings. The van der Waals surface area contributed by atoms with E-state index in [1.807, 2.05) is 25.1 Å². The van der Waals surface area contributed by atoms with E-state index in [9.17, 15) is 0 Å². The van der Waals surface area contributed by atoms with Gasteiger partial charge < -0.3 is 19.7 Å². The lowest BCUT2D eigenvalue weighted by atomic mass is 10.1. The number of hydrogen-bond donors (Lipinski definition) is 2. The second-order valence-electron chi connectivity index (χ2n) is 8.28. The number of fused-ring (bicyclic) bond motifs is 1. The number of thiocarbonyl (C=S) groups is 1. The average Bonchev–Trinajstić information content (AvgIpc) is 3.16. The zero-order valence-electron chi connectivity index (χ0n) is 19.7. The van der Waals surface area contributed by atoms with Crippen LogP contribution in [0.4, 0.5) is 5.69 Å². The van der Waals surface area contributed by atoms with Crippen LogP contribution in [-0.4, -0.2) is 40.8 Å². The van der Waals surface area contributed by atoms with Gasteiger partial charge in [-0.2, -0.15) is 0 Å². The van der Waals surface area contributed by atoms with Crippen LogP contribution >= 0.6 is 23.8 Å². The third kappa shape index (κ3) is 5.83. The van der Waals surface area contributed by atoms with Gasteiger partial charge in [-0.3, -0.25) is 0 Å². The standard InChI is InChI=1S/C26H35ClN4S/c1-5-29(6-2)16-11-17-31(26(32)28-24-14-10-13-23(27)20(24)4)19-21-18-30(7-3)25-15-9-8-12-22(21)25/h8-10,12-15,18H,5-7,11,16-17,19H2,1-4H3,(H,28,32)/p+1. The summed E-state index contributed by atoms with van der Waals surface area (Å²) in [5, 5.41) is 6.27. The number of nitrogens with one attached hydrogen (secondary N) is 2. The number of halogens is 1. The molecule has 0 amide bonds. The van der Waals surface area contributed by atoms with Gasteiger partial charge >= 0.3 is 0 Å². The summed E-state index contributed by atoms with van der Waals surface area (Å²) >= 11 is 12.3. The lowest BCUT2D eigenvalue weighted by molar-refractivity contribution is -0.896. The Balaban J connectivity index is 1.83. The first-order chi connectivity index (χ1) is 15.5. The predicted molar refractivity (Wildman–Crippen MR) is 142 cm³/mol. The third-order valence-electron chi connectivity index (χ3n) is 6.33. The Labute approximate surface area is 203 Å². The number of anilines is 1. The van der Waals surface area contributed by atoms with Crippen molar-refractivity contribution < 1.29 is 4.90 Å². The number of rotatable bonds is 10. The molecular formula is C26H36ClN4S+. The first-order valence-electron chi connectivity index (χ1n) is 11.7. The van der Waals surface area contributed by atoms with Crippen LogP contribution in [0.1, 0.15) is 38.3 Å². The lowest BCUT2D eigenvalue weighted by Crippen LogP contribution is -3.11. The minimum atomic E-state index is 0.748. The summed E-state index contributed by atoms with van der Waals surface area (Å²) in [6.45, 7) is 14.8. The molecule has 3 rings (SSSR count). The van der Waals surface area contributed by atoms with Gasteiger partial charge in [0.15, 0.2) is 5.11 Å². The van der Waals surface area contributed by atoms with Crippen molar-refractivity contribution in [1.29, 1.82) is 0 Å². The SMILES string of the molecule is CCn1cc(CN(CCC[NH+](CC)CC)C(=S)Nc2cccc(Cl)c2C)c2ccccc21. The number of hydrogen-bond acceptors (Lipinski definition) is 1. The quantitative estimate of drug-likeness (QED) is 0.400. The van der Waals surface area contributed by atoms with E-state index in [0.717, 1.165) is 67.1 Å². The van der Waals surface area contributed by atoms with Crippen molar-refractivity contribution >= 4 is 45.5 Å². The molecule has 1 aromatic heterocycles. The van der Waals surface area contributed by atoms with E-state index < -0.39 is 0 Å². The molecule has 0 saturated carbocycles. The molecule has 0 aliphatic heterocycles. The van der Waals surface area contributed by atoms with Crippen LogP contribution in [0, 0.1) is 6.92 Å². The van der Waals surface area contributed by atoms with Gasteiger partial charge in [-0.05, 0) is 69.2 Å². The topological polar surface area (TPSA) is 24.6 Å². The third-order valence-corrected chi connectivity index (χ3v) is 7.10. The van der Waals surface area contributed by atoms with E-state index in [-0.39, 0.29) is 0 Å². The van der Waals surface area contributed by atoms with Crippen molar-refractivity contribution in [3.8, 4) is 0 Å². The minimum Gasteiger partial charge on any atom is -0.347 e. The van der Waals surface area contributed by atoms with E-state index in [2.05, 4.69) is 66.0 Å². The fourth-order valence-electron chi connectivity index (χ4n) is 4.23. The largest absolute Gasteiger partial charge is 0.347 e. The molecule has 0 unspecified atom stereocenters. The maximum Gasteiger partial charge on any atom is 0.173 e. The van der Waals surface area contributed by atoms with Gasteiger partial charge in [-0.1, -0.05) is 35.9 Å². The van der Waals surface area contributed by atoms with Crippen molar-refractivity contribution in [1.82, 2.24) is 9.47 Å². The van der Waals surface area contributed by atoms with Crippen LogP contribution in [0.25, 0.3) is 10.9 Å². The Morgan fingerprint density at radius 1 is 1.09 bits per heavy atom. The van der Waals surface area contributed by atoms with Crippen molar-refractivity contribution in [3.05, 3.63) is 64.8 Å². The minimum absolute atomic E-state index is 0.748. The fourth-order valence-corrected chi connectivity index (χ4v) is 4.67. The van der Waals surface area contributed by atoms with Crippen molar-refractivity contribution in [2.75, 3.05) is 31.5 Å². The summed E-state index contributed by atoms with van der Waals surface area (Å²) in [4.78, 5) is 3.93. The summed E-state index contributed by atoms with van der Waals surface area (Å²) in [6.07, 6.45) is 3.38. The van der Waals surface area contributed by atoms with Crippen LogP contribution in [-0.2, 0) is 13.1 Å². The van der Waals surface area contributed by atoms with Gasteiger partial charge in [-0.25, -0.2) is 0 Å². The zero-order chi connectivity index (χ0) is 23.1. The summed E-state index contributed by atoms with van der Waals surface area (Å²) in [6, 6.07) is 14.5. The number of quaternary nitrogens is 1. The summed E-state index contributed by atoms with van der Waals surface area (Å²) in [7, 11) is 0. The van der Waals surface area contributed by atoms with Gasteiger partial charge in [-0.15, -0.1) is 0 Å². The maximum atomic E-state index is 6.34. The molecule has 0 spiro atoms. The molecule has 32 heavy (non-hydrogen) atoms. The van der Waals surface area contributed by atoms with Crippen molar-refractivity contribution in [2.24, 2.45) is 0 Å². The monoisotopic (exact) mass is 471 g/mol. The molecule has 172 valence electrons. The van der Waals surface area contributed by atoms with Gasteiger partial charge in [0.05, 0.1) is 19.6 Å². The number of benzene rings is 2. The molecule has 6 heteroatoms. The van der Waals surface area contributed by atoms with Crippen LogP contribution in [0.2, 0.25) is 5.02 Å². The Hall–Kier alpha value is -2.08. The number of nitrogens with zero attached hydrogens (tertiary/aromatic N) is 2. The normalized spacial score (nSPS) is 11.3. The first-order valence-corrected chi connectivity index (χ1v) is 12.5. The van der Waals surface area contributed by atoms with E-state index >= 15 is 0 Å². The van der Waals surface area contributed by atoms with Gasteiger partial charge in [0, 0.05) is 53.9 Å². The molecule has 0 aliphatic carbocycles. The molecule has 0 fully saturated rings. The molecule has 0 aliphatic rings. The first kappa shape index (κ1) is 24.6. The molecule has 2 N–H and O–H groups in total. The number of para-hydroxylation sites is 1. The zero-order valence-corrected chi connectivity index (χ0v) is 21.3. The maximum absolute atomic E-state index is 6.34. The lowest BCUT2D eigenvalue weighted by Gasteiger charge is -2.27. The highest BCUT2D eigenvalue weighted by Crippen LogP contribution is 2.25. The summed E-state index contributed by atoms with van der Waals surface area (Å²) < 4.78 is 2.32. The highest BCUT2D eigenvalue weighted by Gasteiger charge is 2.16.